The molecule has 0 aromatic heterocycles. The zero-order chi connectivity index (χ0) is 13.9. The monoisotopic (exact) mass is 264 g/mol. The Morgan fingerprint density at radius 2 is 2.32 bits per heavy atom. The molecule has 1 aliphatic rings. The van der Waals surface area contributed by atoms with Gasteiger partial charge in [-0.05, 0) is 31.5 Å². The summed E-state index contributed by atoms with van der Waals surface area (Å²) in [6.07, 6.45) is 0.238. The van der Waals surface area contributed by atoms with E-state index in [1.54, 1.807) is 12.1 Å². The molecule has 5 nitrogen and oxygen atoms in total. The summed E-state index contributed by atoms with van der Waals surface area (Å²) in [6, 6.07) is 7.33. The van der Waals surface area contributed by atoms with Gasteiger partial charge in [0.25, 0.3) is 0 Å². The number of carbonyl (C=O) groups excluding carboxylic acids is 1. The standard InChI is InChI=1S/C14H20N2O3/c1-14(2)18-9-12(19-14)8-16-13(17)7-10-4-3-5-11(15)6-10/h3-6,12H,7-9,15H2,1-2H3,(H,16,17). The highest BCUT2D eigenvalue weighted by molar-refractivity contribution is 5.78. The molecule has 1 saturated heterocycles. The van der Waals surface area contributed by atoms with Gasteiger partial charge < -0.3 is 20.5 Å². The van der Waals surface area contributed by atoms with Gasteiger partial charge in [0, 0.05) is 12.2 Å². The highest BCUT2D eigenvalue weighted by Gasteiger charge is 2.32. The van der Waals surface area contributed by atoms with Crippen LogP contribution in [0.4, 0.5) is 5.69 Å². The SMILES string of the molecule is CC1(C)OCC(CNC(=O)Cc2cccc(N)c2)O1. The van der Waals surface area contributed by atoms with Crippen LogP contribution >= 0.6 is 0 Å². The highest BCUT2D eigenvalue weighted by atomic mass is 16.7. The maximum absolute atomic E-state index is 11.8. The van der Waals surface area contributed by atoms with Gasteiger partial charge in [-0.15, -0.1) is 0 Å². The smallest absolute Gasteiger partial charge is 0.224 e. The fourth-order valence-corrected chi connectivity index (χ4v) is 2.04. The lowest BCUT2D eigenvalue weighted by Gasteiger charge is -2.17. The van der Waals surface area contributed by atoms with E-state index in [4.69, 9.17) is 15.2 Å². The normalized spacial score (nSPS) is 21.3. The van der Waals surface area contributed by atoms with Gasteiger partial charge >= 0.3 is 0 Å². The summed E-state index contributed by atoms with van der Waals surface area (Å²) in [5.41, 5.74) is 7.24. The average Bonchev–Trinajstić information content (AvgIpc) is 2.66. The molecule has 5 heteroatoms. The summed E-state index contributed by atoms with van der Waals surface area (Å²) in [7, 11) is 0. The number of amides is 1. The number of ether oxygens (including phenoxy) is 2. The predicted octanol–water partition coefficient (Wildman–Crippen LogP) is 1.08. The van der Waals surface area contributed by atoms with Crippen LogP contribution in [0, 0.1) is 0 Å². The third kappa shape index (κ3) is 4.22. The molecule has 1 aromatic carbocycles. The molecule has 0 radical (unpaired) electrons. The summed E-state index contributed by atoms with van der Waals surface area (Å²) < 4.78 is 11.0. The molecule has 1 unspecified atom stereocenters. The van der Waals surface area contributed by atoms with Crippen molar-refractivity contribution in [2.24, 2.45) is 0 Å². The molecule has 1 aromatic rings. The van der Waals surface area contributed by atoms with E-state index in [1.807, 2.05) is 26.0 Å². The minimum Gasteiger partial charge on any atom is -0.399 e. The van der Waals surface area contributed by atoms with Gasteiger partial charge in [0.1, 0.15) is 6.10 Å². The second-order valence-corrected chi connectivity index (χ2v) is 5.18. The maximum atomic E-state index is 11.8. The van der Waals surface area contributed by atoms with Crippen molar-refractivity contribution in [2.45, 2.75) is 32.2 Å². The first kappa shape index (κ1) is 13.8. The Hall–Kier alpha value is -1.59. The summed E-state index contributed by atoms with van der Waals surface area (Å²) in [6.45, 7) is 4.69. The fourth-order valence-electron chi connectivity index (χ4n) is 2.04. The Morgan fingerprint density at radius 3 is 2.95 bits per heavy atom. The zero-order valence-electron chi connectivity index (χ0n) is 11.3. The molecule has 3 N–H and O–H groups in total. The highest BCUT2D eigenvalue weighted by Crippen LogP contribution is 2.21. The Labute approximate surface area is 113 Å². The van der Waals surface area contributed by atoms with Crippen LogP contribution in [0.5, 0.6) is 0 Å². The molecule has 1 heterocycles. The Bertz CT molecular complexity index is 460. The van der Waals surface area contributed by atoms with E-state index < -0.39 is 5.79 Å². The molecule has 0 saturated carbocycles. The lowest BCUT2D eigenvalue weighted by atomic mass is 10.1. The van der Waals surface area contributed by atoms with Crippen LogP contribution < -0.4 is 11.1 Å². The minimum atomic E-state index is -0.552. The minimum absolute atomic E-state index is 0.0427. The fraction of sp³-hybridized carbons (Fsp3) is 0.500. The van der Waals surface area contributed by atoms with Crippen LogP contribution in [0.3, 0.4) is 0 Å². The van der Waals surface area contributed by atoms with Crippen LogP contribution in [0.2, 0.25) is 0 Å². The van der Waals surface area contributed by atoms with Gasteiger partial charge in [0.05, 0.1) is 13.0 Å². The van der Waals surface area contributed by atoms with E-state index in [2.05, 4.69) is 5.32 Å². The van der Waals surface area contributed by atoms with Crippen molar-refractivity contribution in [2.75, 3.05) is 18.9 Å². The van der Waals surface area contributed by atoms with Crippen molar-refractivity contribution in [3.63, 3.8) is 0 Å². The number of nitrogens with one attached hydrogen (secondary N) is 1. The van der Waals surface area contributed by atoms with Crippen LogP contribution in [0.15, 0.2) is 24.3 Å². The molecule has 1 fully saturated rings. The number of benzene rings is 1. The van der Waals surface area contributed by atoms with Crippen molar-refractivity contribution >= 4 is 11.6 Å². The van der Waals surface area contributed by atoms with Gasteiger partial charge in [0.2, 0.25) is 5.91 Å². The predicted molar refractivity (Wildman–Crippen MR) is 72.5 cm³/mol. The van der Waals surface area contributed by atoms with Crippen molar-refractivity contribution in [1.82, 2.24) is 5.32 Å². The zero-order valence-corrected chi connectivity index (χ0v) is 11.3. The molecular weight excluding hydrogens is 244 g/mol. The molecular formula is C14H20N2O3. The second kappa shape index (κ2) is 5.59. The third-order valence-electron chi connectivity index (χ3n) is 2.91. The first-order valence-electron chi connectivity index (χ1n) is 6.37. The quantitative estimate of drug-likeness (QED) is 0.798. The second-order valence-electron chi connectivity index (χ2n) is 5.18. The van der Waals surface area contributed by atoms with Crippen LogP contribution in [0.25, 0.3) is 0 Å². The Morgan fingerprint density at radius 1 is 1.53 bits per heavy atom. The molecule has 0 aliphatic carbocycles. The summed E-state index contributed by atoms with van der Waals surface area (Å²) in [4.78, 5) is 11.8. The molecule has 104 valence electrons. The first-order chi connectivity index (χ1) is 8.94. The summed E-state index contributed by atoms with van der Waals surface area (Å²) >= 11 is 0. The van der Waals surface area contributed by atoms with Crippen molar-refractivity contribution in [3.8, 4) is 0 Å². The van der Waals surface area contributed by atoms with Gasteiger partial charge in [-0.2, -0.15) is 0 Å². The van der Waals surface area contributed by atoms with Crippen molar-refractivity contribution < 1.29 is 14.3 Å². The first-order valence-corrected chi connectivity index (χ1v) is 6.37. The van der Waals surface area contributed by atoms with Crippen molar-refractivity contribution in [1.29, 1.82) is 0 Å². The molecule has 1 atom stereocenters. The number of hydrogen-bond acceptors (Lipinski definition) is 4. The topological polar surface area (TPSA) is 73.6 Å². The van der Waals surface area contributed by atoms with Gasteiger partial charge in [-0.1, -0.05) is 12.1 Å². The molecule has 0 spiro atoms. The molecule has 2 rings (SSSR count). The number of nitrogens with two attached hydrogens (primary N) is 1. The maximum Gasteiger partial charge on any atom is 0.224 e. The molecule has 19 heavy (non-hydrogen) atoms. The van der Waals surface area contributed by atoms with Gasteiger partial charge in [-0.3, -0.25) is 4.79 Å². The lowest BCUT2D eigenvalue weighted by molar-refractivity contribution is -0.139. The summed E-state index contributed by atoms with van der Waals surface area (Å²) in [5.74, 6) is -0.595. The average molecular weight is 264 g/mol. The van der Waals surface area contributed by atoms with E-state index in [1.165, 1.54) is 0 Å². The summed E-state index contributed by atoms with van der Waals surface area (Å²) in [5, 5.41) is 2.85. The van der Waals surface area contributed by atoms with E-state index in [0.29, 0.717) is 25.3 Å². The lowest BCUT2D eigenvalue weighted by Crippen LogP contribution is -2.35. The van der Waals surface area contributed by atoms with E-state index in [9.17, 15) is 4.79 Å². The number of rotatable bonds is 4. The van der Waals surface area contributed by atoms with E-state index in [0.717, 1.165) is 5.56 Å². The van der Waals surface area contributed by atoms with Crippen molar-refractivity contribution in [3.05, 3.63) is 29.8 Å². The third-order valence-corrected chi connectivity index (χ3v) is 2.91. The Balaban J connectivity index is 1.76. The number of hydrogen-bond donors (Lipinski definition) is 2. The van der Waals surface area contributed by atoms with Crippen LogP contribution in [0.1, 0.15) is 19.4 Å². The van der Waals surface area contributed by atoms with E-state index >= 15 is 0 Å². The Kier molecular flexibility index (Phi) is 4.07. The van der Waals surface area contributed by atoms with E-state index in [-0.39, 0.29) is 12.0 Å². The van der Waals surface area contributed by atoms with Gasteiger partial charge in [-0.25, -0.2) is 0 Å². The van der Waals surface area contributed by atoms with Gasteiger partial charge in [0.15, 0.2) is 5.79 Å². The number of carbonyl (C=O) groups is 1. The molecule has 1 aliphatic heterocycles. The largest absolute Gasteiger partial charge is 0.399 e. The number of anilines is 1. The van der Waals surface area contributed by atoms with Crippen LogP contribution in [-0.4, -0.2) is 30.9 Å². The number of nitrogen functional groups attached to an aromatic ring is 1. The van der Waals surface area contributed by atoms with Crippen LogP contribution in [-0.2, 0) is 20.7 Å². The molecule has 0 bridgehead atoms. The molecule has 1 amide bonds.